The Labute approximate surface area is 108 Å². The second-order valence-electron chi connectivity index (χ2n) is 3.47. The maximum atomic E-state index is 13.5. The molecule has 17 heavy (non-hydrogen) atoms. The van der Waals surface area contributed by atoms with Crippen LogP contribution in [0.25, 0.3) is 0 Å². The van der Waals surface area contributed by atoms with Crippen molar-refractivity contribution in [3.63, 3.8) is 0 Å². The third-order valence-electron chi connectivity index (χ3n) is 2.35. The quantitative estimate of drug-likeness (QED) is 0.905. The van der Waals surface area contributed by atoms with Crippen molar-refractivity contribution >= 4 is 23.2 Å². The molecule has 0 bridgehead atoms. The highest BCUT2D eigenvalue weighted by Gasteiger charge is 2.17. The summed E-state index contributed by atoms with van der Waals surface area (Å²) in [6, 6.07) is 6.07. The van der Waals surface area contributed by atoms with Crippen molar-refractivity contribution in [2.45, 2.75) is 6.10 Å². The third-order valence-corrected chi connectivity index (χ3v) is 2.93. The smallest absolute Gasteiger partial charge is 0.147 e. The molecule has 0 saturated carbocycles. The number of hydrogen-bond donors (Lipinski definition) is 1. The van der Waals surface area contributed by atoms with Crippen LogP contribution in [0, 0.1) is 5.82 Å². The first-order chi connectivity index (χ1) is 8.09. The molecule has 88 valence electrons. The normalized spacial score (nSPS) is 12.5. The molecule has 0 aliphatic carbocycles. The molecule has 1 unspecified atom stereocenters. The molecule has 0 saturated heterocycles. The highest BCUT2D eigenvalue weighted by atomic mass is 35.5. The highest BCUT2D eigenvalue weighted by Crippen LogP contribution is 2.31. The predicted octanol–water partition coefficient (Wildman–Crippen LogP) is 3.61. The Kier molecular flexibility index (Phi) is 3.62. The maximum Gasteiger partial charge on any atom is 0.147 e. The lowest BCUT2D eigenvalue weighted by Gasteiger charge is -2.13. The number of hydrogen-bond acceptors (Lipinski definition) is 2. The Morgan fingerprint density at radius 3 is 2.65 bits per heavy atom. The minimum absolute atomic E-state index is 0.115. The average molecular weight is 272 g/mol. The molecule has 1 aromatic carbocycles. The van der Waals surface area contributed by atoms with Gasteiger partial charge >= 0.3 is 0 Å². The van der Waals surface area contributed by atoms with E-state index < -0.39 is 11.9 Å². The van der Waals surface area contributed by atoms with Gasteiger partial charge in [-0.05, 0) is 24.3 Å². The highest BCUT2D eigenvalue weighted by molar-refractivity contribution is 6.33. The van der Waals surface area contributed by atoms with Crippen LogP contribution in [-0.4, -0.2) is 10.1 Å². The summed E-state index contributed by atoms with van der Waals surface area (Å²) in [7, 11) is 0. The summed E-state index contributed by atoms with van der Waals surface area (Å²) in [4.78, 5) is 3.62. The summed E-state index contributed by atoms with van der Waals surface area (Å²) >= 11 is 11.7. The van der Waals surface area contributed by atoms with Crippen molar-refractivity contribution in [1.29, 1.82) is 0 Å². The lowest BCUT2D eigenvalue weighted by Crippen LogP contribution is -2.03. The van der Waals surface area contributed by atoms with Crippen molar-refractivity contribution < 1.29 is 9.50 Å². The van der Waals surface area contributed by atoms with Gasteiger partial charge in [-0.2, -0.15) is 0 Å². The summed E-state index contributed by atoms with van der Waals surface area (Å²) < 4.78 is 13.5. The summed E-state index contributed by atoms with van der Waals surface area (Å²) in [6.45, 7) is 0. The van der Waals surface area contributed by atoms with Gasteiger partial charge in [-0.3, -0.25) is 4.98 Å². The summed E-state index contributed by atoms with van der Waals surface area (Å²) in [5, 5.41) is 10.8. The lowest BCUT2D eigenvalue weighted by atomic mass is 10.0. The van der Waals surface area contributed by atoms with Gasteiger partial charge in [-0.1, -0.05) is 23.2 Å². The standard InChI is InChI=1S/C12H8Cl2FNO/c13-7-1-2-10(14)9(5-7)12(17)8-3-4-16-6-11(8)15/h1-6,12,17H. The molecular formula is C12H8Cl2FNO. The summed E-state index contributed by atoms with van der Waals surface area (Å²) in [5.41, 5.74) is 0.480. The number of halogens is 3. The lowest BCUT2D eigenvalue weighted by molar-refractivity contribution is 0.215. The Morgan fingerprint density at radius 2 is 1.94 bits per heavy atom. The number of benzene rings is 1. The largest absolute Gasteiger partial charge is 0.383 e. The Bertz CT molecular complexity index is 548. The van der Waals surface area contributed by atoms with E-state index in [9.17, 15) is 9.50 Å². The van der Waals surface area contributed by atoms with Crippen LogP contribution in [0.4, 0.5) is 4.39 Å². The number of aliphatic hydroxyl groups is 1. The van der Waals surface area contributed by atoms with E-state index in [0.29, 0.717) is 15.6 Å². The second-order valence-corrected chi connectivity index (χ2v) is 4.31. The number of rotatable bonds is 2. The topological polar surface area (TPSA) is 33.1 Å². The van der Waals surface area contributed by atoms with Crippen LogP contribution in [0.1, 0.15) is 17.2 Å². The molecule has 0 amide bonds. The minimum Gasteiger partial charge on any atom is -0.383 e. The van der Waals surface area contributed by atoms with Crippen molar-refractivity contribution in [3.05, 3.63) is 63.6 Å². The maximum absolute atomic E-state index is 13.5. The van der Waals surface area contributed by atoms with Crippen molar-refractivity contribution in [3.8, 4) is 0 Å². The van der Waals surface area contributed by atoms with Gasteiger partial charge in [0.15, 0.2) is 0 Å². The molecule has 1 N–H and O–H groups in total. The molecule has 1 atom stereocenters. The summed E-state index contributed by atoms with van der Waals surface area (Å²) in [6.07, 6.45) is 1.28. The van der Waals surface area contributed by atoms with Crippen LogP contribution in [-0.2, 0) is 0 Å². The molecule has 0 aliphatic heterocycles. The molecule has 2 rings (SSSR count). The van der Waals surface area contributed by atoms with Gasteiger partial charge in [0.25, 0.3) is 0 Å². The number of nitrogens with zero attached hydrogens (tertiary/aromatic N) is 1. The first-order valence-electron chi connectivity index (χ1n) is 4.82. The van der Waals surface area contributed by atoms with Gasteiger partial charge in [-0.25, -0.2) is 4.39 Å². The van der Waals surface area contributed by atoms with E-state index >= 15 is 0 Å². The number of aliphatic hydroxyl groups excluding tert-OH is 1. The van der Waals surface area contributed by atoms with Crippen molar-refractivity contribution in [2.75, 3.05) is 0 Å². The van der Waals surface area contributed by atoms with Crippen molar-refractivity contribution in [1.82, 2.24) is 4.98 Å². The van der Waals surface area contributed by atoms with E-state index in [0.717, 1.165) is 6.20 Å². The fourth-order valence-corrected chi connectivity index (χ4v) is 1.90. The zero-order valence-electron chi connectivity index (χ0n) is 8.57. The van der Waals surface area contributed by atoms with Crippen LogP contribution >= 0.6 is 23.2 Å². The van der Waals surface area contributed by atoms with Crippen LogP contribution < -0.4 is 0 Å². The summed E-state index contributed by atoms with van der Waals surface area (Å²) in [5.74, 6) is -0.587. The van der Waals surface area contributed by atoms with Gasteiger partial charge in [0.05, 0.1) is 6.20 Å². The van der Waals surface area contributed by atoms with Crippen LogP contribution in [0.5, 0.6) is 0 Å². The van der Waals surface area contributed by atoms with Gasteiger partial charge in [-0.15, -0.1) is 0 Å². The first kappa shape index (κ1) is 12.3. The van der Waals surface area contributed by atoms with Crippen LogP contribution in [0.2, 0.25) is 10.0 Å². The van der Waals surface area contributed by atoms with E-state index in [1.807, 2.05) is 0 Å². The fraction of sp³-hybridized carbons (Fsp3) is 0.0833. The first-order valence-corrected chi connectivity index (χ1v) is 5.57. The molecule has 2 aromatic rings. The van der Waals surface area contributed by atoms with E-state index in [1.54, 1.807) is 12.1 Å². The fourth-order valence-electron chi connectivity index (χ4n) is 1.50. The molecule has 1 heterocycles. The van der Waals surface area contributed by atoms with Crippen LogP contribution in [0.3, 0.4) is 0 Å². The molecule has 2 nitrogen and oxygen atoms in total. The molecule has 1 aromatic heterocycles. The minimum atomic E-state index is -1.16. The predicted molar refractivity (Wildman–Crippen MR) is 64.7 cm³/mol. The number of aromatic nitrogens is 1. The monoisotopic (exact) mass is 271 g/mol. The van der Waals surface area contributed by atoms with Gasteiger partial charge in [0.2, 0.25) is 0 Å². The molecular weight excluding hydrogens is 264 g/mol. The van der Waals surface area contributed by atoms with E-state index in [-0.39, 0.29) is 5.56 Å². The Balaban J connectivity index is 2.47. The van der Waals surface area contributed by atoms with Gasteiger partial charge < -0.3 is 5.11 Å². The molecule has 0 spiro atoms. The van der Waals surface area contributed by atoms with E-state index in [1.165, 1.54) is 18.3 Å². The third kappa shape index (κ3) is 2.57. The average Bonchev–Trinajstić information content (AvgIpc) is 2.32. The molecule has 5 heteroatoms. The Hall–Kier alpha value is -1.16. The molecule has 0 radical (unpaired) electrons. The molecule has 0 fully saturated rings. The SMILES string of the molecule is OC(c1ccncc1F)c1cc(Cl)ccc1Cl. The molecule has 0 aliphatic rings. The Morgan fingerprint density at radius 1 is 1.18 bits per heavy atom. The number of pyridine rings is 1. The van der Waals surface area contributed by atoms with E-state index in [4.69, 9.17) is 23.2 Å². The van der Waals surface area contributed by atoms with Gasteiger partial charge in [0, 0.05) is 27.4 Å². The zero-order chi connectivity index (χ0) is 12.4. The zero-order valence-corrected chi connectivity index (χ0v) is 10.1. The second kappa shape index (κ2) is 5.00. The van der Waals surface area contributed by atoms with Gasteiger partial charge in [0.1, 0.15) is 11.9 Å². The van der Waals surface area contributed by atoms with E-state index in [2.05, 4.69) is 4.98 Å². The van der Waals surface area contributed by atoms with Crippen LogP contribution in [0.15, 0.2) is 36.7 Å². The van der Waals surface area contributed by atoms with Crippen molar-refractivity contribution in [2.24, 2.45) is 0 Å².